The molecular formula is C26H29F2N5O2. The van der Waals surface area contributed by atoms with E-state index in [1.807, 2.05) is 32.0 Å². The van der Waals surface area contributed by atoms with Gasteiger partial charge in [-0.1, -0.05) is 19.9 Å². The van der Waals surface area contributed by atoms with Crippen LogP contribution in [0.1, 0.15) is 62.5 Å². The highest BCUT2D eigenvalue weighted by Crippen LogP contribution is 2.40. The number of alkyl halides is 2. The third-order valence-electron chi connectivity index (χ3n) is 6.88. The van der Waals surface area contributed by atoms with Crippen molar-refractivity contribution < 1.29 is 18.7 Å². The summed E-state index contributed by atoms with van der Waals surface area (Å²) < 4.78 is 25.9. The Balaban J connectivity index is 1.49. The van der Waals surface area contributed by atoms with Gasteiger partial charge < -0.3 is 10.4 Å². The Morgan fingerprint density at radius 1 is 1.11 bits per heavy atom. The van der Waals surface area contributed by atoms with E-state index < -0.39 is 12.4 Å². The molecule has 1 aromatic carbocycles. The smallest absolute Gasteiger partial charge is 0.306 e. The normalized spacial score (nSPS) is 21.0. The van der Waals surface area contributed by atoms with Crippen molar-refractivity contribution in [1.29, 1.82) is 0 Å². The maximum absolute atomic E-state index is 13.0. The lowest BCUT2D eigenvalue weighted by Crippen LogP contribution is -2.31. The molecule has 4 atom stereocenters. The Bertz CT molecular complexity index is 1190. The molecule has 2 aromatic heterocycles. The summed E-state index contributed by atoms with van der Waals surface area (Å²) in [4.78, 5) is 28.6. The zero-order chi connectivity index (χ0) is 25.1. The van der Waals surface area contributed by atoms with E-state index in [1.165, 1.54) is 12.3 Å². The topological polar surface area (TPSA) is 101 Å². The van der Waals surface area contributed by atoms with Gasteiger partial charge in [-0.2, -0.15) is 0 Å². The Morgan fingerprint density at radius 3 is 2.51 bits per heavy atom. The van der Waals surface area contributed by atoms with Gasteiger partial charge in [-0.25, -0.2) is 28.7 Å². The van der Waals surface area contributed by atoms with E-state index in [0.717, 1.165) is 35.4 Å². The molecule has 3 aromatic rings. The fourth-order valence-corrected chi connectivity index (χ4v) is 4.90. The molecule has 9 heteroatoms. The van der Waals surface area contributed by atoms with Crippen LogP contribution in [-0.2, 0) is 4.79 Å². The highest BCUT2D eigenvalue weighted by Gasteiger charge is 2.35. The number of hydrogen-bond donors (Lipinski definition) is 2. The first-order valence-electron chi connectivity index (χ1n) is 11.8. The maximum Gasteiger partial charge on any atom is 0.306 e. The van der Waals surface area contributed by atoms with Crippen LogP contribution in [0.15, 0.2) is 42.9 Å². The number of rotatable bonds is 7. The Morgan fingerprint density at radius 2 is 1.86 bits per heavy atom. The molecular weight excluding hydrogens is 452 g/mol. The van der Waals surface area contributed by atoms with Gasteiger partial charge in [0.25, 0.3) is 6.43 Å². The van der Waals surface area contributed by atoms with E-state index >= 15 is 0 Å². The largest absolute Gasteiger partial charge is 0.481 e. The van der Waals surface area contributed by atoms with Crippen LogP contribution in [-0.4, -0.2) is 31.0 Å². The van der Waals surface area contributed by atoms with Gasteiger partial charge in [-0.3, -0.25) is 4.79 Å². The molecule has 0 saturated heterocycles. The van der Waals surface area contributed by atoms with Gasteiger partial charge in [0.1, 0.15) is 11.5 Å². The minimum Gasteiger partial charge on any atom is -0.481 e. The fourth-order valence-electron chi connectivity index (χ4n) is 4.90. The second kappa shape index (κ2) is 10.4. The first kappa shape index (κ1) is 24.6. The Kier molecular flexibility index (Phi) is 7.33. The highest BCUT2D eigenvalue weighted by atomic mass is 19.3. The van der Waals surface area contributed by atoms with Crippen molar-refractivity contribution in [2.75, 3.05) is 5.32 Å². The number of anilines is 2. The minimum atomic E-state index is -2.67. The fraction of sp³-hybridized carbons (Fsp3) is 0.423. The summed E-state index contributed by atoms with van der Waals surface area (Å²) in [5.41, 5.74) is 3.02. The molecule has 2 heterocycles. The van der Waals surface area contributed by atoms with Crippen molar-refractivity contribution >= 4 is 17.6 Å². The highest BCUT2D eigenvalue weighted by molar-refractivity contribution is 5.71. The number of benzene rings is 1. The number of carboxylic acid groups (broad SMARTS) is 1. The summed E-state index contributed by atoms with van der Waals surface area (Å²) in [6, 6.07) is 6.95. The molecule has 4 rings (SSSR count). The molecule has 7 nitrogen and oxygen atoms in total. The van der Waals surface area contributed by atoms with Crippen LogP contribution in [0.5, 0.6) is 0 Å². The monoisotopic (exact) mass is 481 g/mol. The number of nitrogens with zero attached hydrogens (tertiary/aromatic N) is 4. The van der Waals surface area contributed by atoms with Crippen molar-refractivity contribution in [3.05, 3.63) is 59.9 Å². The zero-order valence-corrected chi connectivity index (χ0v) is 19.9. The molecule has 1 aliphatic carbocycles. The van der Waals surface area contributed by atoms with Crippen molar-refractivity contribution in [3.63, 3.8) is 0 Å². The molecule has 0 bridgehead atoms. The van der Waals surface area contributed by atoms with Gasteiger partial charge in [0, 0.05) is 35.8 Å². The molecule has 0 aliphatic heterocycles. The van der Waals surface area contributed by atoms with Gasteiger partial charge in [-0.15, -0.1) is 0 Å². The number of carbonyl (C=O) groups is 1. The SMILES string of the molecule is Cc1cc(Nc2nccc(C(F)F)n2)cc(-c2cnc([C@@H](C)[C@H]3CC[C@H](C(=O)O)[C@H](C)C3)nc2)c1. The zero-order valence-electron chi connectivity index (χ0n) is 19.9. The molecule has 0 spiro atoms. The minimum absolute atomic E-state index is 0.103. The number of aliphatic carboxylic acids is 1. The van der Waals surface area contributed by atoms with Gasteiger partial charge in [-0.05, 0) is 67.3 Å². The van der Waals surface area contributed by atoms with Crippen LogP contribution >= 0.6 is 0 Å². The second-order valence-corrected chi connectivity index (χ2v) is 9.43. The quantitative estimate of drug-likeness (QED) is 0.416. The molecule has 0 amide bonds. The third kappa shape index (κ3) is 5.78. The van der Waals surface area contributed by atoms with Crippen LogP contribution in [0.2, 0.25) is 0 Å². The molecule has 1 aliphatic rings. The number of aryl methyl sites for hydroxylation is 1. The van der Waals surface area contributed by atoms with E-state index in [1.54, 1.807) is 12.4 Å². The maximum atomic E-state index is 13.0. The van der Waals surface area contributed by atoms with Crippen LogP contribution < -0.4 is 5.32 Å². The van der Waals surface area contributed by atoms with Crippen molar-refractivity contribution in [2.24, 2.45) is 17.8 Å². The van der Waals surface area contributed by atoms with Gasteiger partial charge in [0.05, 0.1) is 5.92 Å². The van der Waals surface area contributed by atoms with Crippen LogP contribution in [0, 0.1) is 24.7 Å². The van der Waals surface area contributed by atoms with Crippen molar-refractivity contribution in [2.45, 2.75) is 52.4 Å². The first-order chi connectivity index (χ1) is 16.7. The molecule has 184 valence electrons. The van der Waals surface area contributed by atoms with Crippen LogP contribution in [0.4, 0.5) is 20.4 Å². The van der Waals surface area contributed by atoms with E-state index in [9.17, 15) is 18.7 Å². The lowest BCUT2D eigenvalue weighted by Gasteiger charge is -2.34. The van der Waals surface area contributed by atoms with Gasteiger partial charge in [0.2, 0.25) is 5.95 Å². The average molecular weight is 482 g/mol. The molecule has 0 radical (unpaired) electrons. The van der Waals surface area contributed by atoms with E-state index in [-0.39, 0.29) is 29.4 Å². The standard InChI is InChI=1S/C26H29F2N5O2/c1-14-8-18(11-20(9-14)32-26-29-7-6-22(33-26)23(27)28)19-12-30-24(31-13-19)16(3)17-4-5-21(25(34)35)15(2)10-17/h6-9,11-13,15-17,21,23H,4-5,10H2,1-3H3,(H,34,35)(H,29,32,33)/t15-,16+,17+,21+/m1/s1. The molecule has 2 N–H and O–H groups in total. The Hall–Kier alpha value is -3.49. The van der Waals surface area contributed by atoms with Crippen LogP contribution in [0.3, 0.4) is 0 Å². The molecule has 0 unspecified atom stereocenters. The van der Waals surface area contributed by atoms with Crippen molar-refractivity contribution in [3.8, 4) is 11.1 Å². The number of carboxylic acids is 1. The second-order valence-electron chi connectivity index (χ2n) is 9.43. The predicted octanol–water partition coefficient (Wildman–Crippen LogP) is 6.16. The summed E-state index contributed by atoms with van der Waals surface area (Å²) in [7, 11) is 0. The van der Waals surface area contributed by atoms with Gasteiger partial charge >= 0.3 is 5.97 Å². The van der Waals surface area contributed by atoms with Crippen LogP contribution in [0.25, 0.3) is 11.1 Å². The third-order valence-corrected chi connectivity index (χ3v) is 6.88. The number of hydrogen-bond acceptors (Lipinski definition) is 6. The molecule has 1 saturated carbocycles. The average Bonchev–Trinajstić information content (AvgIpc) is 2.83. The van der Waals surface area contributed by atoms with E-state index in [2.05, 4.69) is 32.2 Å². The number of nitrogens with one attached hydrogen (secondary N) is 1. The van der Waals surface area contributed by atoms with Crippen molar-refractivity contribution in [1.82, 2.24) is 19.9 Å². The van der Waals surface area contributed by atoms with E-state index in [0.29, 0.717) is 18.0 Å². The Labute approximate surface area is 203 Å². The van der Waals surface area contributed by atoms with E-state index in [4.69, 9.17) is 0 Å². The van der Waals surface area contributed by atoms with Gasteiger partial charge in [0.15, 0.2) is 0 Å². The lowest BCUT2D eigenvalue weighted by molar-refractivity contribution is -0.145. The number of halogens is 2. The summed E-state index contributed by atoms with van der Waals surface area (Å²) in [6.45, 7) is 6.06. The summed E-state index contributed by atoms with van der Waals surface area (Å²) >= 11 is 0. The summed E-state index contributed by atoms with van der Waals surface area (Å²) in [6.07, 6.45) is 4.61. The first-order valence-corrected chi connectivity index (χ1v) is 11.8. The molecule has 1 fully saturated rings. The summed E-state index contributed by atoms with van der Waals surface area (Å²) in [5.74, 6) is 0.505. The molecule has 35 heavy (non-hydrogen) atoms. The predicted molar refractivity (Wildman–Crippen MR) is 129 cm³/mol. The summed E-state index contributed by atoms with van der Waals surface area (Å²) in [5, 5.41) is 12.4. The lowest BCUT2D eigenvalue weighted by atomic mass is 9.71. The number of aromatic nitrogens is 4.